The third kappa shape index (κ3) is 2.08. The molecule has 0 aliphatic carbocycles. The molecule has 2 aromatic rings. The zero-order valence-electron chi connectivity index (χ0n) is 9.08. The SMILES string of the molecule is CCc1n[nH]c(=S)n1/N=C\c1cnn(C)c1. The van der Waals surface area contributed by atoms with Crippen molar-refractivity contribution in [1.82, 2.24) is 24.7 Å². The average molecular weight is 236 g/mol. The molecule has 7 heteroatoms. The molecule has 0 saturated carbocycles. The van der Waals surface area contributed by atoms with Crippen molar-refractivity contribution in [3.05, 3.63) is 28.6 Å². The monoisotopic (exact) mass is 236 g/mol. The van der Waals surface area contributed by atoms with Gasteiger partial charge in [0.15, 0.2) is 5.82 Å². The molecule has 0 aromatic carbocycles. The average Bonchev–Trinajstić information content (AvgIpc) is 2.82. The first-order valence-corrected chi connectivity index (χ1v) is 5.31. The number of aromatic nitrogens is 5. The summed E-state index contributed by atoms with van der Waals surface area (Å²) in [7, 11) is 1.86. The number of nitrogens with zero attached hydrogens (tertiary/aromatic N) is 5. The van der Waals surface area contributed by atoms with Crippen molar-refractivity contribution in [1.29, 1.82) is 0 Å². The number of rotatable bonds is 3. The van der Waals surface area contributed by atoms with Gasteiger partial charge in [-0.25, -0.2) is 0 Å². The third-order valence-corrected chi connectivity index (χ3v) is 2.35. The van der Waals surface area contributed by atoms with Gasteiger partial charge in [0.2, 0.25) is 4.77 Å². The van der Waals surface area contributed by atoms with Crippen molar-refractivity contribution in [3.63, 3.8) is 0 Å². The topological polar surface area (TPSA) is 63.8 Å². The minimum absolute atomic E-state index is 0.497. The lowest BCUT2D eigenvalue weighted by molar-refractivity contribution is 0.767. The molecule has 0 saturated heterocycles. The summed E-state index contributed by atoms with van der Waals surface area (Å²) < 4.78 is 3.83. The molecule has 6 nitrogen and oxygen atoms in total. The van der Waals surface area contributed by atoms with Crippen molar-refractivity contribution in [2.75, 3.05) is 0 Å². The van der Waals surface area contributed by atoms with Gasteiger partial charge in [-0.2, -0.15) is 20.0 Å². The number of aromatic amines is 1. The summed E-state index contributed by atoms with van der Waals surface area (Å²) in [6.07, 6.45) is 6.09. The Morgan fingerprint density at radius 1 is 1.62 bits per heavy atom. The van der Waals surface area contributed by atoms with Crippen molar-refractivity contribution < 1.29 is 0 Å². The molecule has 0 spiro atoms. The Morgan fingerprint density at radius 2 is 2.44 bits per heavy atom. The molecule has 84 valence electrons. The van der Waals surface area contributed by atoms with Gasteiger partial charge >= 0.3 is 0 Å². The first-order valence-electron chi connectivity index (χ1n) is 4.90. The smallest absolute Gasteiger partial charge is 0.216 e. The van der Waals surface area contributed by atoms with Crippen LogP contribution in [0.3, 0.4) is 0 Å². The Kier molecular flexibility index (Phi) is 2.95. The Bertz CT molecular complexity index is 561. The van der Waals surface area contributed by atoms with Crippen LogP contribution in [-0.2, 0) is 13.5 Å². The fourth-order valence-electron chi connectivity index (χ4n) is 1.30. The highest BCUT2D eigenvalue weighted by atomic mass is 32.1. The molecule has 1 N–H and O–H groups in total. The van der Waals surface area contributed by atoms with Gasteiger partial charge in [-0.3, -0.25) is 9.78 Å². The van der Waals surface area contributed by atoms with E-state index in [-0.39, 0.29) is 0 Å². The summed E-state index contributed by atoms with van der Waals surface area (Å²) in [5.74, 6) is 0.810. The molecule has 16 heavy (non-hydrogen) atoms. The summed E-state index contributed by atoms with van der Waals surface area (Å²) in [6.45, 7) is 2.00. The van der Waals surface area contributed by atoms with Gasteiger partial charge in [-0.1, -0.05) is 6.92 Å². The molecule has 0 radical (unpaired) electrons. The fourth-order valence-corrected chi connectivity index (χ4v) is 1.50. The highest BCUT2D eigenvalue weighted by Crippen LogP contribution is 1.99. The van der Waals surface area contributed by atoms with E-state index in [0.29, 0.717) is 4.77 Å². The van der Waals surface area contributed by atoms with E-state index in [0.717, 1.165) is 17.8 Å². The molecule has 0 atom stereocenters. The van der Waals surface area contributed by atoms with Crippen molar-refractivity contribution in [2.24, 2.45) is 12.1 Å². The number of aryl methyl sites for hydroxylation is 2. The Morgan fingerprint density at radius 3 is 3.06 bits per heavy atom. The first kappa shape index (κ1) is 10.7. The van der Waals surface area contributed by atoms with Crippen LogP contribution in [0, 0.1) is 4.77 Å². The van der Waals surface area contributed by atoms with E-state index >= 15 is 0 Å². The van der Waals surface area contributed by atoms with E-state index in [2.05, 4.69) is 20.4 Å². The second-order valence-corrected chi connectivity index (χ2v) is 3.69. The fraction of sp³-hybridized carbons (Fsp3) is 0.333. The molecule has 0 aliphatic rings. The minimum Gasteiger partial charge on any atom is -0.275 e. The maximum atomic E-state index is 5.07. The standard InChI is InChI=1S/C9H12N6S/c1-3-8-12-13-9(16)15(8)11-5-7-4-10-14(2)6-7/h4-6H,3H2,1-2H3,(H,13,16)/b11-5-. The summed E-state index contributed by atoms with van der Waals surface area (Å²) >= 11 is 5.07. The van der Waals surface area contributed by atoms with Gasteiger partial charge in [0.1, 0.15) is 0 Å². The largest absolute Gasteiger partial charge is 0.275 e. The van der Waals surface area contributed by atoms with E-state index in [9.17, 15) is 0 Å². The highest BCUT2D eigenvalue weighted by molar-refractivity contribution is 7.71. The molecule has 0 amide bonds. The Balaban J connectivity index is 2.29. The Labute approximate surface area is 97.6 Å². The quantitative estimate of drug-likeness (QED) is 0.641. The summed E-state index contributed by atoms with van der Waals surface area (Å²) in [5.41, 5.74) is 0.924. The summed E-state index contributed by atoms with van der Waals surface area (Å²) in [4.78, 5) is 0. The number of H-pyrrole nitrogens is 1. The summed E-state index contributed by atoms with van der Waals surface area (Å²) in [5, 5.41) is 15.1. The van der Waals surface area contributed by atoms with E-state index in [1.807, 2.05) is 20.2 Å². The zero-order chi connectivity index (χ0) is 11.5. The van der Waals surface area contributed by atoms with Gasteiger partial charge in [0.25, 0.3) is 0 Å². The van der Waals surface area contributed by atoms with Crippen LogP contribution in [0.1, 0.15) is 18.3 Å². The van der Waals surface area contributed by atoms with Crippen molar-refractivity contribution >= 4 is 18.4 Å². The molecule has 0 bridgehead atoms. The lowest BCUT2D eigenvalue weighted by atomic mass is 10.4. The second kappa shape index (κ2) is 4.40. The van der Waals surface area contributed by atoms with Crippen LogP contribution in [0.2, 0.25) is 0 Å². The number of hydrogen-bond acceptors (Lipinski definition) is 4. The number of nitrogens with one attached hydrogen (secondary N) is 1. The van der Waals surface area contributed by atoms with E-state index in [1.165, 1.54) is 0 Å². The first-order chi connectivity index (χ1) is 7.70. The van der Waals surface area contributed by atoms with Crippen LogP contribution in [-0.4, -0.2) is 30.9 Å². The van der Waals surface area contributed by atoms with E-state index < -0.39 is 0 Å². The van der Waals surface area contributed by atoms with Crippen LogP contribution < -0.4 is 0 Å². The van der Waals surface area contributed by atoms with Crippen LogP contribution in [0.4, 0.5) is 0 Å². The van der Waals surface area contributed by atoms with Crippen LogP contribution in [0.5, 0.6) is 0 Å². The van der Waals surface area contributed by atoms with Gasteiger partial charge < -0.3 is 0 Å². The zero-order valence-corrected chi connectivity index (χ0v) is 9.90. The predicted octanol–water partition coefficient (Wildman–Crippen LogP) is 1.12. The molecule has 2 aromatic heterocycles. The van der Waals surface area contributed by atoms with Gasteiger partial charge in [-0.05, 0) is 12.2 Å². The van der Waals surface area contributed by atoms with Gasteiger partial charge in [0, 0.05) is 25.2 Å². The van der Waals surface area contributed by atoms with Gasteiger partial charge in [-0.15, -0.1) is 0 Å². The second-order valence-electron chi connectivity index (χ2n) is 3.30. The lowest BCUT2D eigenvalue weighted by Crippen LogP contribution is -1.97. The maximum absolute atomic E-state index is 5.07. The van der Waals surface area contributed by atoms with Crippen LogP contribution in [0.15, 0.2) is 17.5 Å². The molecule has 0 unspecified atom stereocenters. The molecular weight excluding hydrogens is 224 g/mol. The summed E-state index contributed by atoms with van der Waals surface area (Å²) in [6, 6.07) is 0. The lowest BCUT2D eigenvalue weighted by Gasteiger charge is -1.94. The molecular formula is C9H12N6S. The van der Waals surface area contributed by atoms with E-state index in [1.54, 1.807) is 21.8 Å². The van der Waals surface area contributed by atoms with Crippen LogP contribution in [0.25, 0.3) is 0 Å². The highest BCUT2D eigenvalue weighted by Gasteiger charge is 2.01. The maximum Gasteiger partial charge on any atom is 0.216 e. The van der Waals surface area contributed by atoms with Crippen LogP contribution >= 0.6 is 12.2 Å². The van der Waals surface area contributed by atoms with E-state index in [4.69, 9.17) is 12.2 Å². The molecule has 2 rings (SSSR count). The normalized spacial score (nSPS) is 11.4. The third-order valence-electron chi connectivity index (χ3n) is 2.08. The molecule has 2 heterocycles. The minimum atomic E-state index is 0.497. The Hall–Kier alpha value is -1.76. The van der Waals surface area contributed by atoms with Crippen molar-refractivity contribution in [3.8, 4) is 0 Å². The number of hydrogen-bond donors (Lipinski definition) is 1. The van der Waals surface area contributed by atoms with Gasteiger partial charge in [0.05, 0.1) is 12.4 Å². The predicted molar refractivity (Wildman–Crippen MR) is 63.0 cm³/mol. The van der Waals surface area contributed by atoms with Crippen molar-refractivity contribution in [2.45, 2.75) is 13.3 Å². The molecule has 0 aliphatic heterocycles. The molecule has 0 fully saturated rings.